The summed E-state index contributed by atoms with van der Waals surface area (Å²) in [6.45, 7) is 4.50. The van der Waals surface area contributed by atoms with Crippen molar-refractivity contribution in [2.75, 3.05) is 5.75 Å². The molecule has 0 radical (unpaired) electrons. The molecule has 0 aliphatic heterocycles. The van der Waals surface area contributed by atoms with E-state index in [1.165, 1.54) is 147 Å². The Morgan fingerprint density at radius 3 is 1.28 bits per heavy atom. The Hall–Kier alpha value is -0.960. The molecule has 3 atom stereocenters. The summed E-state index contributed by atoms with van der Waals surface area (Å²) in [6, 6.07) is -1.23. The highest BCUT2D eigenvalue weighted by Gasteiger charge is 2.27. The molecule has 0 rings (SSSR count). The second-order valence-electron chi connectivity index (χ2n) is 14.1. The van der Waals surface area contributed by atoms with Gasteiger partial charge < -0.3 is 15.5 Å². The predicted octanol–water partition coefficient (Wildman–Crippen LogP) is 10.4. The van der Waals surface area contributed by atoms with Gasteiger partial charge in [-0.25, -0.2) is 0 Å². The third-order valence-corrected chi connectivity index (χ3v) is 10.1. The number of allylic oxidation sites excluding steroid dienone is 1. The van der Waals surface area contributed by atoms with Crippen molar-refractivity contribution in [1.82, 2.24) is 5.32 Å². The van der Waals surface area contributed by atoms with Crippen LogP contribution in [0.1, 0.15) is 206 Å². The Balaban J connectivity index is 4.05. The fourth-order valence-electron chi connectivity index (χ4n) is 6.22. The molecule has 280 valence electrons. The molecule has 3 unspecified atom stereocenters. The highest BCUT2D eigenvalue weighted by Crippen LogP contribution is 2.15. The van der Waals surface area contributed by atoms with Gasteiger partial charge in [-0.05, 0) is 19.3 Å². The van der Waals surface area contributed by atoms with Gasteiger partial charge in [0.25, 0.3) is 10.1 Å². The molecule has 47 heavy (non-hydrogen) atoms. The normalized spacial score (nSPS) is 14.1. The van der Waals surface area contributed by atoms with Crippen LogP contribution in [0.4, 0.5) is 0 Å². The summed E-state index contributed by atoms with van der Waals surface area (Å²) in [5.74, 6) is -1.53. The third-order valence-electron chi connectivity index (χ3n) is 9.32. The van der Waals surface area contributed by atoms with E-state index in [-0.39, 0.29) is 6.42 Å². The van der Waals surface area contributed by atoms with E-state index in [2.05, 4.69) is 19.2 Å². The zero-order chi connectivity index (χ0) is 34.9. The Morgan fingerprint density at radius 2 is 0.915 bits per heavy atom. The largest absolute Gasteiger partial charge is 0.387 e. The van der Waals surface area contributed by atoms with E-state index >= 15 is 0 Å². The molecule has 0 bridgehead atoms. The van der Waals surface area contributed by atoms with Crippen LogP contribution < -0.4 is 5.32 Å². The number of unbranched alkanes of at least 4 members (excludes halogenated alkanes) is 27. The van der Waals surface area contributed by atoms with Crippen molar-refractivity contribution in [3.05, 3.63) is 12.2 Å². The van der Waals surface area contributed by atoms with Crippen LogP contribution in [0.15, 0.2) is 12.2 Å². The average Bonchev–Trinajstić information content (AvgIpc) is 3.03. The minimum absolute atomic E-state index is 0.285. The minimum Gasteiger partial charge on any atom is -0.387 e. The standard InChI is InChI=1S/C39H77NO6S/c1-3-5-7-9-11-13-15-17-19-20-22-23-25-27-29-31-33-37(41)36(35-47(44,45)46)40-39(43)38(42)34-32-30-28-26-24-21-18-16-14-12-10-8-6-4-2/h31,33,36-38,41-42H,3-30,32,34-35H2,1-2H3,(H,40,43)(H,44,45,46)/b33-31+. The van der Waals surface area contributed by atoms with Crippen molar-refractivity contribution in [1.29, 1.82) is 0 Å². The summed E-state index contributed by atoms with van der Waals surface area (Å²) in [5, 5.41) is 23.4. The Morgan fingerprint density at radius 1 is 0.574 bits per heavy atom. The van der Waals surface area contributed by atoms with Gasteiger partial charge in [-0.15, -0.1) is 0 Å². The molecule has 7 nitrogen and oxygen atoms in total. The predicted molar refractivity (Wildman–Crippen MR) is 199 cm³/mol. The quantitative estimate of drug-likeness (QED) is 0.0295. The van der Waals surface area contributed by atoms with E-state index in [4.69, 9.17) is 0 Å². The molecule has 0 aromatic rings. The smallest absolute Gasteiger partial charge is 0.267 e. The first kappa shape index (κ1) is 46.0. The topological polar surface area (TPSA) is 124 Å². The maximum atomic E-state index is 12.6. The van der Waals surface area contributed by atoms with Crippen molar-refractivity contribution in [2.45, 2.75) is 225 Å². The second-order valence-corrected chi connectivity index (χ2v) is 15.6. The molecule has 1 amide bonds. The van der Waals surface area contributed by atoms with Crippen LogP contribution >= 0.6 is 0 Å². The van der Waals surface area contributed by atoms with Gasteiger partial charge in [-0.3, -0.25) is 9.35 Å². The van der Waals surface area contributed by atoms with Crippen molar-refractivity contribution in [3.8, 4) is 0 Å². The van der Waals surface area contributed by atoms with Crippen LogP contribution in [0.3, 0.4) is 0 Å². The van der Waals surface area contributed by atoms with Crippen LogP contribution in [0, 0.1) is 0 Å². The first-order valence-electron chi connectivity index (χ1n) is 20.0. The summed E-state index contributed by atoms with van der Waals surface area (Å²) in [7, 11) is -4.43. The maximum Gasteiger partial charge on any atom is 0.267 e. The fourth-order valence-corrected chi connectivity index (χ4v) is 6.96. The Kier molecular flexibility index (Phi) is 32.8. The van der Waals surface area contributed by atoms with Gasteiger partial charge >= 0.3 is 0 Å². The number of amides is 1. The van der Waals surface area contributed by atoms with Crippen molar-refractivity contribution >= 4 is 16.0 Å². The lowest BCUT2D eigenvalue weighted by Crippen LogP contribution is -2.50. The highest BCUT2D eigenvalue weighted by molar-refractivity contribution is 7.85. The minimum atomic E-state index is -4.43. The monoisotopic (exact) mass is 688 g/mol. The number of hydrogen-bond acceptors (Lipinski definition) is 5. The first-order chi connectivity index (χ1) is 22.7. The zero-order valence-electron chi connectivity index (χ0n) is 30.8. The molecule has 8 heteroatoms. The van der Waals surface area contributed by atoms with E-state index in [1.54, 1.807) is 6.08 Å². The van der Waals surface area contributed by atoms with Crippen molar-refractivity contribution < 1.29 is 28.0 Å². The van der Waals surface area contributed by atoms with Gasteiger partial charge in [0.15, 0.2) is 0 Å². The highest BCUT2D eigenvalue weighted by atomic mass is 32.2. The van der Waals surface area contributed by atoms with Crippen LogP contribution in [0.25, 0.3) is 0 Å². The lowest BCUT2D eigenvalue weighted by atomic mass is 10.0. The van der Waals surface area contributed by atoms with E-state index in [0.29, 0.717) is 6.42 Å². The number of carbonyl (C=O) groups excluding carboxylic acids is 1. The molecular weight excluding hydrogens is 610 g/mol. The first-order valence-corrected chi connectivity index (χ1v) is 21.6. The van der Waals surface area contributed by atoms with E-state index in [1.807, 2.05) is 0 Å². The number of nitrogens with one attached hydrogen (secondary N) is 1. The number of rotatable bonds is 36. The van der Waals surface area contributed by atoms with Gasteiger partial charge in [-0.2, -0.15) is 8.42 Å². The van der Waals surface area contributed by atoms with Gasteiger partial charge in [-0.1, -0.05) is 199 Å². The zero-order valence-corrected chi connectivity index (χ0v) is 31.6. The number of hydrogen-bond donors (Lipinski definition) is 4. The summed E-state index contributed by atoms with van der Waals surface area (Å²) < 4.78 is 32.5. The average molecular weight is 688 g/mol. The number of aliphatic hydroxyl groups excluding tert-OH is 2. The van der Waals surface area contributed by atoms with Gasteiger partial charge in [0.05, 0.1) is 17.9 Å². The lowest BCUT2D eigenvalue weighted by Gasteiger charge is -2.22. The molecule has 0 saturated heterocycles. The third kappa shape index (κ3) is 33.3. The van der Waals surface area contributed by atoms with Gasteiger partial charge in [0, 0.05) is 0 Å². The van der Waals surface area contributed by atoms with Crippen LogP contribution in [0.2, 0.25) is 0 Å². The molecule has 0 aliphatic carbocycles. The van der Waals surface area contributed by atoms with E-state index < -0.39 is 40.0 Å². The van der Waals surface area contributed by atoms with E-state index in [0.717, 1.165) is 38.5 Å². The molecule has 4 N–H and O–H groups in total. The molecule has 0 fully saturated rings. The summed E-state index contributed by atoms with van der Waals surface area (Å²) in [4.78, 5) is 12.6. The van der Waals surface area contributed by atoms with Crippen LogP contribution in [0.5, 0.6) is 0 Å². The molecule has 0 saturated carbocycles. The van der Waals surface area contributed by atoms with E-state index in [9.17, 15) is 28.0 Å². The van der Waals surface area contributed by atoms with Crippen molar-refractivity contribution in [3.63, 3.8) is 0 Å². The summed E-state index contributed by atoms with van der Waals surface area (Å²) >= 11 is 0. The SMILES string of the molecule is CCCCCCCCCCCCCCCC/C=C/C(O)C(CS(=O)(=O)O)NC(=O)C(O)CCCCCCCCCCCCCCCC. The molecule has 0 aromatic heterocycles. The van der Waals surface area contributed by atoms with Crippen molar-refractivity contribution in [2.24, 2.45) is 0 Å². The molecule has 0 spiro atoms. The Labute approximate surface area is 291 Å². The summed E-state index contributed by atoms with van der Waals surface area (Å²) in [6.07, 6.45) is 36.9. The molecule has 0 aromatic carbocycles. The van der Waals surface area contributed by atoms with Crippen LogP contribution in [-0.4, -0.2) is 53.1 Å². The van der Waals surface area contributed by atoms with Gasteiger partial charge in [0.2, 0.25) is 5.91 Å². The van der Waals surface area contributed by atoms with Crippen LogP contribution in [-0.2, 0) is 14.9 Å². The maximum absolute atomic E-state index is 12.6. The fraction of sp³-hybridized carbons (Fsp3) is 0.923. The molecule has 0 aliphatic rings. The second kappa shape index (κ2) is 33.5. The lowest BCUT2D eigenvalue weighted by molar-refractivity contribution is -0.130. The van der Waals surface area contributed by atoms with Gasteiger partial charge in [0.1, 0.15) is 6.10 Å². The summed E-state index contributed by atoms with van der Waals surface area (Å²) in [5.41, 5.74) is 0. The molecule has 0 heterocycles. The molecular formula is C39H77NO6S. The number of carbonyl (C=O) groups is 1. The number of aliphatic hydroxyl groups is 2. The Bertz CT molecular complexity index is 818.